The molecular formula is C12H18N2O4. The highest BCUT2D eigenvalue weighted by atomic mass is 16.7. The van der Waals surface area contributed by atoms with Crippen molar-refractivity contribution in [3.05, 3.63) is 30.3 Å². The van der Waals surface area contributed by atoms with Gasteiger partial charge < -0.3 is 24.8 Å². The first-order valence-corrected chi connectivity index (χ1v) is 5.51. The van der Waals surface area contributed by atoms with Gasteiger partial charge in [0.2, 0.25) is 0 Å². The Morgan fingerprint density at radius 2 is 1.83 bits per heavy atom. The molecular weight excluding hydrogens is 236 g/mol. The molecule has 18 heavy (non-hydrogen) atoms. The molecule has 0 bridgehead atoms. The highest BCUT2D eigenvalue weighted by Crippen LogP contribution is 2.06. The highest BCUT2D eigenvalue weighted by Gasteiger charge is 2.06. The summed E-state index contributed by atoms with van der Waals surface area (Å²) in [4.78, 5) is 11.4. The number of methoxy groups -OCH3 is 2. The molecule has 1 rings (SSSR count). The van der Waals surface area contributed by atoms with Crippen molar-refractivity contribution < 1.29 is 19.0 Å². The molecule has 2 N–H and O–H groups in total. The van der Waals surface area contributed by atoms with Gasteiger partial charge in [-0.1, -0.05) is 18.2 Å². The molecule has 0 unspecified atom stereocenters. The third-order valence-corrected chi connectivity index (χ3v) is 2.17. The number of ether oxygens (including phenoxy) is 3. The largest absolute Gasteiger partial charge is 0.473 e. The van der Waals surface area contributed by atoms with E-state index in [0.29, 0.717) is 5.75 Å². The van der Waals surface area contributed by atoms with Gasteiger partial charge in [-0.15, -0.1) is 0 Å². The molecule has 0 saturated heterocycles. The van der Waals surface area contributed by atoms with Gasteiger partial charge in [0, 0.05) is 14.2 Å². The Morgan fingerprint density at radius 3 is 2.44 bits per heavy atom. The van der Waals surface area contributed by atoms with Crippen molar-refractivity contribution in [2.45, 2.75) is 6.29 Å². The Balaban J connectivity index is 2.14. The van der Waals surface area contributed by atoms with Crippen molar-refractivity contribution in [2.24, 2.45) is 0 Å². The van der Waals surface area contributed by atoms with E-state index in [1.54, 1.807) is 0 Å². The Kier molecular flexibility index (Phi) is 6.60. The topological polar surface area (TPSA) is 68.8 Å². The fourth-order valence-corrected chi connectivity index (χ4v) is 1.20. The van der Waals surface area contributed by atoms with Gasteiger partial charge in [-0.25, -0.2) is 4.79 Å². The molecule has 2 amide bonds. The Bertz CT molecular complexity index is 341. The Hall–Kier alpha value is -1.79. The van der Waals surface area contributed by atoms with Crippen LogP contribution in [0.1, 0.15) is 0 Å². The highest BCUT2D eigenvalue weighted by molar-refractivity contribution is 5.73. The molecule has 0 radical (unpaired) electrons. The first-order chi connectivity index (χ1) is 8.76. The van der Waals surface area contributed by atoms with Crippen molar-refractivity contribution in [3.8, 4) is 5.75 Å². The summed E-state index contributed by atoms with van der Waals surface area (Å²) in [7, 11) is 3.01. The van der Waals surface area contributed by atoms with Crippen LogP contribution in [0.5, 0.6) is 5.75 Å². The lowest BCUT2D eigenvalue weighted by Crippen LogP contribution is -2.42. The Morgan fingerprint density at radius 1 is 1.17 bits per heavy atom. The molecule has 6 nitrogen and oxygen atoms in total. The lowest BCUT2D eigenvalue weighted by Gasteiger charge is -2.14. The van der Waals surface area contributed by atoms with Crippen LogP contribution in [-0.2, 0) is 9.47 Å². The minimum atomic E-state index is -0.453. The van der Waals surface area contributed by atoms with Gasteiger partial charge in [-0.05, 0) is 12.1 Å². The number of nitrogens with one attached hydrogen (secondary N) is 2. The minimum Gasteiger partial charge on any atom is -0.473 e. The molecule has 6 heteroatoms. The van der Waals surface area contributed by atoms with Crippen molar-refractivity contribution >= 4 is 6.03 Å². The predicted molar refractivity (Wildman–Crippen MR) is 66.3 cm³/mol. The standard InChI is InChI=1S/C12H18N2O4/c1-16-11(17-2)8-13-12(15)14-9-18-10-6-4-3-5-7-10/h3-7,11H,8-9H2,1-2H3,(H2,13,14,15). The third kappa shape index (κ3) is 5.51. The molecule has 0 aliphatic carbocycles. The van der Waals surface area contributed by atoms with Crippen molar-refractivity contribution in [2.75, 3.05) is 27.5 Å². The third-order valence-electron chi connectivity index (χ3n) is 2.17. The zero-order valence-corrected chi connectivity index (χ0v) is 10.5. The number of urea groups is 1. The first kappa shape index (κ1) is 14.3. The second-order valence-corrected chi connectivity index (χ2v) is 3.39. The van der Waals surface area contributed by atoms with E-state index >= 15 is 0 Å². The summed E-state index contributed by atoms with van der Waals surface area (Å²) >= 11 is 0. The molecule has 0 aromatic heterocycles. The maximum atomic E-state index is 11.4. The van der Waals surface area contributed by atoms with E-state index in [-0.39, 0.29) is 19.3 Å². The molecule has 100 valence electrons. The van der Waals surface area contributed by atoms with Gasteiger partial charge in [0.05, 0.1) is 6.54 Å². The van der Waals surface area contributed by atoms with E-state index in [1.807, 2.05) is 30.3 Å². The normalized spacial score (nSPS) is 10.2. The van der Waals surface area contributed by atoms with E-state index < -0.39 is 6.29 Å². The van der Waals surface area contributed by atoms with Crippen molar-refractivity contribution in [3.63, 3.8) is 0 Å². The number of amides is 2. The SMILES string of the molecule is COC(CNC(=O)NCOc1ccccc1)OC. The van der Waals surface area contributed by atoms with Crippen LogP contribution in [0.25, 0.3) is 0 Å². The molecule has 1 aromatic rings. The monoisotopic (exact) mass is 254 g/mol. The maximum absolute atomic E-state index is 11.4. The van der Waals surface area contributed by atoms with Crippen LogP contribution < -0.4 is 15.4 Å². The van der Waals surface area contributed by atoms with E-state index in [1.165, 1.54) is 14.2 Å². The van der Waals surface area contributed by atoms with Gasteiger partial charge >= 0.3 is 6.03 Å². The number of hydrogen-bond donors (Lipinski definition) is 2. The lowest BCUT2D eigenvalue weighted by molar-refractivity contribution is -0.0972. The van der Waals surface area contributed by atoms with E-state index in [4.69, 9.17) is 14.2 Å². The summed E-state index contributed by atoms with van der Waals surface area (Å²) in [6.07, 6.45) is -0.453. The van der Waals surface area contributed by atoms with Crippen molar-refractivity contribution in [1.82, 2.24) is 10.6 Å². The van der Waals surface area contributed by atoms with Crippen molar-refractivity contribution in [1.29, 1.82) is 0 Å². The zero-order valence-electron chi connectivity index (χ0n) is 10.5. The van der Waals surface area contributed by atoms with Crippen LogP contribution in [0.15, 0.2) is 30.3 Å². The molecule has 0 saturated carbocycles. The molecule has 0 aliphatic rings. The number of para-hydroxylation sites is 1. The quantitative estimate of drug-likeness (QED) is 0.711. The van der Waals surface area contributed by atoms with E-state index in [0.717, 1.165) is 0 Å². The van der Waals surface area contributed by atoms with Gasteiger partial charge in [-0.2, -0.15) is 0 Å². The molecule has 0 spiro atoms. The van der Waals surface area contributed by atoms with Crippen LogP contribution in [0.2, 0.25) is 0 Å². The fourth-order valence-electron chi connectivity index (χ4n) is 1.20. The lowest BCUT2D eigenvalue weighted by atomic mass is 10.3. The second-order valence-electron chi connectivity index (χ2n) is 3.39. The molecule has 0 heterocycles. The van der Waals surface area contributed by atoms with Gasteiger partial charge in [0.15, 0.2) is 13.0 Å². The van der Waals surface area contributed by atoms with Gasteiger partial charge in [0.25, 0.3) is 0 Å². The number of carbonyl (C=O) groups excluding carboxylic acids is 1. The van der Waals surface area contributed by atoms with Gasteiger partial charge in [-0.3, -0.25) is 0 Å². The maximum Gasteiger partial charge on any atom is 0.317 e. The average molecular weight is 254 g/mol. The Labute approximate surface area is 106 Å². The fraction of sp³-hybridized carbons (Fsp3) is 0.417. The minimum absolute atomic E-state index is 0.0977. The zero-order chi connectivity index (χ0) is 13.2. The average Bonchev–Trinajstić information content (AvgIpc) is 2.41. The summed E-state index contributed by atoms with van der Waals surface area (Å²) < 4.78 is 15.2. The molecule has 0 aliphatic heterocycles. The summed E-state index contributed by atoms with van der Waals surface area (Å²) in [5, 5.41) is 5.14. The van der Waals surface area contributed by atoms with Crippen LogP contribution in [0.3, 0.4) is 0 Å². The summed E-state index contributed by atoms with van der Waals surface area (Å²) in [5.41, 5.74) is 0. The van der Waals surface area contributed by atoms with Gasteiger partial charge in [0.1, 0.15) is 5.75 Å². The number of hydrogen-bond acceptors (Lipinski definition) is 4. The second kappa shape index (κ2) is 8.32. The van der Waals surface area contributed by atoms with Crippen LogP contribution in [0.4, 0.5) is 4.79 Å². The molecule has 0 atom stereocenters. The summed E-state index contributed by atoms with van der Waals surface area (Å²) in [5.74, 6) is 0.699. The molecule has 0 fully saturated rings. The number of carbonyl (C=O) groups is 1. The molecule has 1 aromatic carbocycles. The summed E-state index contributed by atoms with van der Waals surface area (Å²) in [6, 6.07) is 8.89. The summed E-state index contributed by atoms with van der Waals surface area (Å²) in [6.45, 7) is 0.366. The smallest absolute Gasteiger partial charge is 0.317 e. The van der Waals surface area contributed by atoms with Crippen LogP contribution in [0, 0.1) is 0 Å². The number of rotatable bonds is 7. The number of benzene rings is 1. The first-order valence-electron chi connectivity index (χ1n) is 5.51. The van der Waals surface area contributed by atoms with Crippen LogP contribution in [-0.4, -0.2) is 39.8 Å². The van der Waals surface area contributed by atoms with E-state index in [9.17, 15) is 4.79 Å². The predicted octanol–water partition coefficient (Wildman–Crippen LogP) is 0.941. The van der Waals surface area contributed by atoms with E-state index in [2.05, 4.69) is 10.6 Å². The van der Waals surface area contributed by atoms with Crippen LogP contribution >= 0.6 is 0 Å².